The van der Waals surface area contributed by atoms with Crippen LogP contribution in [0.1, 0.15) is 20.7 Å². The molecule has 4 aliphatic rings. The number of hydrogen-bond donors (Lipinski definition) is 2. The Kier molecular flexibility index (Phi) is 14.3. The van der Waals surface area contributed by atoms with E-state index in [4.69, 9.17) is 38.7 Å². The van der Waals surface area contributed by atoms with Gasteiger partial charge in [0.25, 0.3) is 11.8 Å². The molecule has 244 valence electrons. The van der Waals surface area contributed by atoms with Crippen molar-refractivity contribution in [3.8, 4) is 23.0 Å². The largest absolute Gasteiger partial charge is 0.492 e. The van der Waals surface area contributed by atoms with Crippen LogP contribution in [-0.2, 0) is 14.2 Å². The molecule has 14 nitrogen and oxygen atoms in total. The zero-order chi connectivity index (χ0) is 32.2. The maximum absolute atomic E-state index is 12.8. The number of ether oxygens (including phenoxy) is 7. The van der Waals surface area contributed by atoms with Gasteiger partial charge in [0.1, 0.15) is 49.4 Å². The van der Waals surface area contributed by atoms with Gasteiger partial charge in [-0.15, -0.1) is 0 Å². The summed E-state index contributed by atoms with van der Waals surface area (Å²) in [5, 5.41) is 9.06. The van der Waals surface area contributed by atoms with Gasteiger partial charge in [-0.1, -0.05) is 5.11 Å². The van der Waals surface area contributed by atoms with E-state index in [1.807, 2.05) is 0 Å². The van der Waals surface area contributed by atoms with Crippen LogP contribution in [0.2, 0.25) is 0 Å². The van der Waals surface area contributed by atoms with Crippen LogP contribution in [0.25, 0.3) is 10.4 Å². The number of hydrogen-bond acceptors (Lipinski definition) is 10. The van der Waals surface area contributed by atoms with E-state index in [-0.39, 0.29) is 43.1 Å². The van der Waals surface area contributed by atoms with Gasteiger partial charge in [-0.3, -0.25) is 9.59 Å². The third-order valence-corrected chi connectivity index (χ3v) is 6.30. The number of carbonyl (C=O) groups is 2. The fourth-order valence-corrected chi connectivity index (χ4v) is 4.10. The predicted molar refractivity (Wildman–Crippen MR) is 167 cm³/mol. The van der Waals surface area contributed by atoms with Crippen LogP contribution in [0, 0.1) is 0 Å². The van der Waals surface area contributed by atoms with Crippen LogP contribution < -0.4 is 29.6 Å². The summed E-state index contributed by atoms with van der Waals surface area (Å²) in [5.74, 6) is 1.64. The van der Waals surface area contributed by atoms with Crippen molar-refractivity contribution in [3.05, 3.63) is 88.3 Å². The maximum atomic E-state index is 12.8. The molecule has 4 heterocycles. The minimum Gasteiger partial charge on any atom is -0.492 e. The number of nitrogens with one attached hydrogen (secondary N) is 2. The van der Waals surface area contributed by atoms with Crippen LogP contribution in [0.3, 0.4) is 0 Å². The minimum absolute atomic E-state index is 0.132. The number of rotatable bonds is 1. The summed E-state index contributed by atoms with van der Waals surface area (Å²) in [6.07, 6.45) is 0. The van der Waals surface area contributed by atoms with Gasteiger partial charge >= 0.3 is 0 Å². The van der Waals surface area contributed by atoms with Gasteiger partial charge in [0.05, 0.1) is 52.7 Å². The molecule has 0 saturated heterocycles. The van der Waals surface area contributed by atoms with Crippen LogP contribution in [0.5, 0.6) is 23.0 Å². The number of nitrogens with zero attached hydrogens (tertiary/aromatic N) is 3. The van der Waals surface area contributed by atoms with E-state index in [1.54, 1.807) is 48.5 Å². The summed E-state index contributed by atoms with van der Waals surface area (Å²) in [7, 11) is 0. The first-order valence-electron chi connectivity index (χ1n) is 14.8. The van der Waals surface area contributed by atoms with Gasteiger partial charge in [-0.25, -0.2) is 0 Å². The molecule has 2 N–H and O–H groups in total. The van der Waals surface area contributed by atoms with Crippen molar-refractivity contribution >= 4 is 17.5 Å². The van der Waals surface area contributed by atoms with Crippen LogP contribution in [0.15, 0.2) is 71.8 Å². The number of amides is 2. The fourth-order valence-electron chi connectivity index (χ4n) is 4.10. The average molecular weight is 636 g/mol. The molecule has 7 rings (SSSR count). The molecular weight excluding hydrogens is 598 g/mol. The molecule has 0 saturated carbocycles. The lowest BCUT2D eigenvalue weighted by atomic mass is 10.1. The van der Waals surface area contributed by atoms with E-state index < -0.39 is 11.8 Å². The first-order chi connectivity index (χ1) is 22.6. The predicted octanol–water partition coefficient (Wildman–Crippen LogP) is 4.07. The maximum Gasteiger partial charge on any atom is 0.251 e. The Hall–Kier alpha value is -5.01. The van der Waals surface area contributed by atoms with E-state index >= 15 is 0 Å². The molecule has 3 aromatic rings. The van der Waals surface area contributed by atoms with Crippen molar-refractivity contribution in [2.45, 2.75) is 0 Å². The Balaban J connectivity index is 1.33. The molecule has 6 bridgehead atoms. The van der Waals surface area contributed by atoms with Gasteiger partial charge in [-0.2, -0.15) is 0 Å². The molecule has 0 aliphatic carbocycles. The lowest BCUT2D eigenvalue weighted by molar-refractivity contribution is 0.00498. The van der Waals surface area contributed by atoms with Crippen molar-refractivity contribution in [1.29, 1.82) is 0 Å². The lowest BCUT2D eigenvalue weighted by Crippen LogP contribution is -2.30. The van der Waals surface area contributed by atoms with Gasteiger partial charge in [0, 0.05) is 21.7 Å². The van der Waals surface area contributed by atoms with E-state index in [0.29, 0.717) is 75.9 Å². The Labute approximate surface area is 266 Å². The highest BCUT2D eigenvalue weighted by atomic mass is 16.6. The van der Waals surface area contributed by atoms with Crippen molar-refractivity contribution in [2.75, 3.05) is 79.2 Å². The first-order valence-corrected chi connectivity index (χ1v) is 14.8. The molecule has 0 radical (unpaired) electrons. The summed E-state index contributed by atoms with van der Waals surface area (Å²) < 4.78 is 39.4. The van der Waals surface area contributed by atoms with E-state index in [0.717, 1.165) is 0 Å². The molecule has 0 atom stereocenters. The summed E-state index contributed by atoms with van der Waals surface area (Å²) in [6.45, 7) is 4.21. The summed E-state index contributed by atoms with van der Waals surface area (Å²) in [5.41, 5.74) is 9.37. The van der Waals surface area contributed by atoms with Crippen molar-refractivity contribution < 1.29 is 42.7 Å². The second-order valence-corrected chi connectivity index (χ2v) is 9.64. The summed E-state index contributed by atoms with van der Waals surface area (Å²) >= 11 is 0. The van der Waals surface area contributed by atoms with E-state index in [2.05, 4.69) is 20.7 Å². The third-order valence-electron chi connectivity index (χ3n) is 6.30. The Bertz CT molecular complexity index is 1340. The van der Waals surface area contributed by atoms with Gasteiger partial charge < -0.3 is 43.8 Å². The Morgan fingerprint density at radius 2 is 0.870 bits per heavy atom. The molecule has 14 heteroatoms. The molecule has 2 amide bonds. The second kappa shape index (κ2) is 19.4. The van der Waals surface area contributed by atoms with Crippen LogP contribution >= 0.6 is 0 Å². The third kappa shape index (κ3) is 12.2. The van der Waals surface area contributed by atoms with Crippen molar-refractivity contribution in [3.63, 3.8) is 0 Å². The molecule has 0 aromatic heterocycles. The highest BCUT2D eigenvalue weighted by molar-refractivity contribution is 6.00. The smallest absolute Gasteiger partial charge is 0.251 e. The lowest BCUT2D eigenvalue weighted by Gasteiger charge is -2.12. The van der Waals surface area contributed by atoms with Crippen molar-refractivity contribution in [1.82, 2.24) is 10.6 Å². The van der Waals surface area contributed by atoms with E-state index in [9.17, 15) is 9.59 Å². The molecule has 0 unspecified atom stereocenters. The zero-order valence-corrected chi connectivity index (χ0v) is 25.4. The topological polar surface area (TPSA) is 172 Å². The first kappa shape index (κ1) is 33.9. The Morgan fingerprint density at radius 3 is 1.24 bits per heavy atom. The average Bonchev–Trinajstić information content (AvgIpc) is 3.07. The minimum atomic E-state index is -0.453. The van der Waals surface area contributed by atoms with E-state index in [1.165, 1.54) is 18.2 Å². The molecule has 3 aromatic carbocycles. The van der Waals surface area contributed by atoms with Gasteiger partial charge in [0.2, 0.25) is 0 Å². The summed E-state index contributed by atoms with van der Waals surface area (Å²) in [4.78, 5) is 28.4. The number of benzene rings is 3. The summed E-state index contributed by atoms with van der Waals surface area (Å²) in [6, 6.07) is 18.4. The van der Waals surface area contributed by atoms with Crippen LogP contribution in [-0.4, -0.2) is 91.0 Å². The SMILES string of the molecule is [N-]=[N+]=Nc1cc2cc(c1)C(=O)NCCOc1ccc(cc1)OCCOCCOCCOCCOc1ccc(cc1)OCCNC2=O. The van der Waals surface area contributed by atoms with Crippen molar-refractivity contribution in [2.24, 2.45) is 5.11 Å². The fraction of sp³-hybridized carbons (Fsp3) is 0.375. The highest BCUT2D eigenvalue weighted by Crippen LogP contribution is 2.20. The van der Waals surface area contributed by atoms with Gasteiger partial charge in [-0.05, 0) is 72.3 Å². The number of carbonyl (C=O) groups excluding carboxylic acids is 2. The molecule has 4 aliphatic heterocycles. The molecular formula is C32H37N5O9. The van der Waals surface area contributed by atoms with Crippen LogP contribution in [0.4, 0.5) is 5.69 Å². The quantitative estimate of drug-likeness (QED) is 0.227. The normalized spacial score (nSPS) is 16.5. The van der Waals surface area contributed by atoms with Gasteiger partial charge in [0.15, 0.2) is 0 Å². The molecule has 0 spiro atoms. The second-order valence-electron chi connectivity index (χ2n) is 9.64. The standard InChI is InChI=1S/C32H37N5O9/c33-37-36-26-22-24-21-25(23-26)32(39)35-10-12-44-28-3-7-30(8-4-28)46-20-18-42-16-14-40-13-15-41-17-19-45-29-5-1-27(2-6-29)43-11-9-34-31(24)38/h1-8,21-23H,9-20H2,(H,34,38)(H,35,39). The zero-order valence-electron chi connectivity index (χ0n) is 25.4. The molecule has 0 fully saturated rings. The molecule has 46 heavy (non-hydrogen) atoms. The monoisotopic (exact) mass is 635 g/mol. The highest BCUT2D eigenvalue weighted by Gasteiger charge is 2.13. The Morgan fingerprint density at radius 1 is 0.522 bits per heavy atom. The number of azide groups is 1.